The van der Waals surface area contributed by atoms with E-state index in [1.54, 1.807) is 0 Å². The van der Waals surface area contributed by atoms with E-state index in [2.05, 4.69) is 0 Å². The Morgan fingerprint density at radius 1 is 0.700 bits per heavy atom. The van der Waals surface area contributed by atoms with Crippen molar-refractivity contribution in [1.29, 1.82) is 0 Å². The Bertz CT molecular complexity index is 210. The molecule has 6 heteroatoms. The van der Waals surface area contributed by atoms with E-state index in [0.29, 0.717) is 6.54 Å². The molecule has 0 saturated carbocycles. The summed E-state index contributed by atoms with van der Waals surface area (Å²) < 4.78 is 0. The second kappa shape index (κ2) is 17.9. The summed E-state index contributed by atoms with van der Waals surface area (Å²) in [7, 11) is 0. The van der Waals surface area contributed by atoms with E-state index in [0.717, 1.165) is 51.4 Å². The predicted octanol–water partition coefficient (Wildman–Crippen LogP) is 1.99. The van der Waals surface area contributed by atoms with Crippen LogP contribution in [0.4, 0.5) is 0 Å². The second-order valence-electron chi connectivity index (χ2n) is 4.63. The van der Waals surface area contributed by atoms with E-state index < -0.39 is 11.9 Å². The number of carboxylic acid groups (broad SMARTS) is 2. The summed E-state index contributed by atoms with van der Waals surface area (Å²) in [5, 5.41) is 24.6. The van der Waals surface area contributed by atoms with E-state index in [1.807, 2.05) is 0 Å². The SMILES string of the molecule is NCCO.O=C(O)CCCCCCCCCCC(=O)O. The van der Waals surface area contributed by atoms with Gasteiger partial charge in [-0.2, -0.15) is 0 Å². The number of hydrogen-bond acceptors (Lipinski definition) is 4. The quantitative estimate of drug-likeness (QED) is 0.408. The highest BCUT2D eigenvalue weighted by Crippen LogP contribution is 2.10. The van der Waals surface area contributed by atoms with Gasteiger partial charge in [-0.05, 0) is 12.8 Å². The molecule has 6 nitrogen and oxygen atoms in total. The topological polar surface area (TPSA) is 121 Å². The van der Waals surface area contributed by atoms with Crippen molar-refractivity contribution >= 4 is 11.9 Å². The molecule has 0 aliphatic heterocycles. The largest absolute Gasteiger partial charge is 0.481 e. The molecular formula is C14H29NO5. The number of unbranched alkanes of at least 4 members (excludes halogenated alkanes) is 7. The Morgan fingerprint density at radius 2 is 0.950 bits per heavy atom. The molecule has 0 saturated heterocycles. The van der Waals surface area contributed by atoms with E-state index in [-0.39, 0.29) is 19.4 Å². The number of carbonyl (C=O) groups is 2. The van der Waals surface area contributed by atoms with Crippen molar-refractivity contribution in [2.45, 2.75) is 64.2 Å². The number of aliphatic hydroxyl groups is 1. The van der Waals surface area contributed by atoms with Gasteiger partial charge in [-0.25, -0.2) is 0 Å². The Labute approximate surface area is 121 Å². The maximum Gasteiger partial charge on any atom is 0.303 e. The van der Waals surface area contributed by atoms with Crippen LogP contribution in [0.1, 0.15) is 64.2 Å². The van der Waals surface area contributed by atoms with E-state index in [1.165, 1.54) is 0 Å². The molecule has 0 unspecified atom stereocenters. The molecule has 0 aliphatic rings. The highest BCUT2D eigenvalue weighted by atomic mass is 16.4. The number of aliphatic carboxylic acids is 2. The number of hydrogen-bond donors (Lipinski definition) is 4. The van der Waals surface area contributed by atoms with Crippen LogP contribution in [-0.4, -0.2) is 40.4 Å². The Morgan fingerprint density at radius 3 is 1.15 bits per heavy atom. The number of nitrogens with two attached hydrogens (primary N) is 1. The third-order valence-electron chi connectivity index (χ3n) is 2.66. The zero-order valence-electron chi connectivity index (χ0n) is 12.2. The summed E-state index contributed by atoms with van der Waals surface area (Å²) >= 11 is 0. The number of rotatable bonds is 12. The fraction of sp³-hybridized carbons (Fsp3) is 0.857. The van der Waals surface area contributed by atoms with Gasteiger partial charge in [0.2, 0.25) is 0 Å². The highest BCUT2D eigenvalue weighted by Gasteiger charge is 1.98. The molecule has 0 radical (unpaired) electrons. The summed E-state index contributed by atoms with van der Waals surface area (Å²) in [4.78, 5) is 20.4. The molecule has 0 fully saturated rings. The maximum atomic E-state index is 10.2. The molecule has 0 amide bonds. The Balaban J connectivity index is 0. The summed E-state index contributed by atoms with van der Waals surface area (Å²) in [5.74, 6) is -1.43. The minimum atomic E-state index is -0.714. The second-order valence-corrected chi connectivity index (χ2v) is 4.63. The van der Waals surface area contributed by atoms with Crippen molar-refractivity contribution < 1.29 is 24.9 Å². The minimum Gasteiger partial charge on any atom is -0.481 e. The smallest absolute Gasteiger partial charge is 0.303 e. The number of carboxylic acids is 2. The molecular weight excluding hydrogens is 262 g/mol. The van der Waals surface area contributed by atoms with Gasteiger partial charge in [0.05, 0.1) is 6.61 Å². The minimum absolute atomic E-state index is 0.0972. The first-order valence-corrected chi connectivity index (χ1v) is 7.29. The zero-order chi connectivity index (χ0) is 15.6. The lowest BCUT2D eigenvalue weighted by Gasteiger charge is -2.00. The first-order chi connectivity index (χ1) is 9.54. The molecule has 0 bridgehead atoms. The average Bonchev–Trinajstić information content (AvgIpc) is 2.40. The first-order valence-electron chi connectivity index (χ1n) is 7.29. The van der Waals surface area contributed by atoms with Gasteiger partial charge in [-0.1, -0.05) is 38.5 Å². The van der Waals surface area contributed by atoms with Crippen molar-refractivity contribution in [2.24, 2.45) is 5.73 Å². The standard InChI is InChI=1S/C12H22O4.C2H7NO/c13-11(14)9-7-5-3-1-2-4-6-8-10-12(15)16;3-1-2-4/h1-10H2,(H,13,14)(H,15,16);4H,1-3H2. The van der Waals surface area contributed by atoms with Gasteiger partial charge >= 0.3 is 11.9 Å². The fourth-order valence-corrected chi connectivity index (χ4v) is 1.61. The van der Waals surface area contributed by atoms with Gasteiger partial charge < -0.3 is 21.1 Å². The van der Waals surface area contributed by atoms with Crippen molar-refractivity contribution in [3.05, 3.63) is 0 Å². The fourth-order valence-electron chi connectivity index (χ4n) is 1.61. The van der Waals surface area contributed by atoms with Gasteiger partial charge in [0.25, 0.3) is 0 Å². The molecule has 0 aromatic carbocycles. The van der Waals surface area contributed by atoms with Gasteiger partial charge in [-0.15, -0.1) is 0 Å². The van der Waals surface area contributed by atoms with Crippen LogP contribution in [0.15, 0.2) is 0 Å². The Kier molecular flexibility index (Phi) is 18.9. The molecule has 120 valence electrons. The van der Waals surface area contributed by atoms with Crippen LogP contribution >= 0.6 is 0 Å². The van der Waals surface area contributed by atoms with Gasteiger partial charge in [-0.3, -0.25) is 9.59 Å². The van der Waals surface area contributed by atoms with Crippen LogP contribution in [0.3, 0.4) is 0 Å². The molecule has 0 rings (SSSR count). The maximum absolute atomic E-state index is 10.2. The predicted molar refractivity (Wildman–Crippen MR) is 77.6 cm³/mol. The molecule has 0 heterocycles. The third-order valence-corrected chi connectivity index (χ3v) is 2.66. The lowest BCUT2D eigenvalue weighted by molar-refractivity contribution is -0.138. The van der Waals surface area contributed by atoms with Gasteiger partial charge in [0.15, 0.2) is 0 Å². The lowest BCUT2D eigenvalue weighted by Crippen LogP contribution is -2.02. The normalized spacial score (nSPS) is 9.70. The summed E-state index contributed by atoms with van der Waals surface area (Å²) in [6.45, 7) is 0.472. The first kappa shape index (κ1) is 21.2. The summed E-state index contributed by atoms with van der Waals surface area (Å²) in [6, 6.07) is 0. The van der Waals surface area contributed by atoms with Crippen molar-refractivity contribution in [1.82, 2.24) is 0 Å². The molecule has 0 atom stereocenters. The van der Waals surface area contributed by atoms with Crippen LogP contribution in [-0.2, 0) is 9.59 Å². The van der Waals surface area contributed by atoms with E-state index in [4.69, 9.17) is 21.1 Å². The van der Waals surface area contributed by atoms with Crippen molar-refractivity contribution in [3.63, 3.8) is 0 Å². The summed E-state index contributed by atoms with van der Waals surface area (Å²) in [5.41, 5.74) is 4.78. The van der Waals surface area contributed by atoms with Crippen molar-refractivity contribution in [3.8, 4) is 0 Å². The molecule has 0 aromatic heterocycles. The average molecular weight is 291 g/mol. The highest BCUT2D eigenvalue weighted by molar-refractivity contribution is 5.66. The summed E-state index contributed by atoms with van der Waals surface area (Å²) in [6.07, 6.45) is 8.51. The van der Waals surface area contributed by atoms with Gasteiger partial charge in [0.1, 0.15) is 0 Å². The van der Waals surface area contributed by atoms with E-state index in [9.17, 15) is 9.59 Å². The molecule has 0 aliphatic carbocycles. The molecule has 5 N–H and O–H groups in total. The van der Waals surface area contributed by atoms with Crippen molar-refractivity contribution in [2.75, 3.05) is 13.2 Å². The lowest BCUT2D eigenvalue weighted by atomic mass is 10.1. The zero-order valence-corrected chi connectivity index (χ0v) is 12.2. The van der Waals surface area contributed by atoms with E-state index >= 15 is 0 Å². The van der Waals surface area contributed by atoms with Crippen LogP contribution in [0.25, 0.3) is 0 Å². The monoisotopic (exact) mass is 291 g/mol. The van der Waals surface area contributed by atoms with Crippen LogP contribution in [0.2, 0.25) is 0 Å². The van der Waals surface area contributed by atoms with Crippen LogP contribution < -0.4 is 5.73 Å². The molecule has 0 spiro atoms. The van der Waals surface area contributed by atoms with Crippen LogP contribution in [0, 0.1) is 0 Å². The Hall–Kier alpha value is -1.14. The molecule has 0 aromatic rings. The van der Waals surface area contributed by atoms with Gasteiger partial charge in [0, 0.05) is 19.4 Å². The molecule has 20 heavy (non-hydrogen) atoms. The third kappa shape index (κ3) is 25.6. The number of aliphatic hydroxyl groups excluding tert-OH is 1. The van der Waals surface area contributed by atoms with Crippen LogP contribution in [0.5, 0.6) is 0 Å².